The van der Waals surface area contributed by atoms with Gasteiger partial charge in [-0.05, 0) is 24.3 Å². The third kappa shape index (κ3) is 4.57. The van der Waals surface area contributed by atoms with Crippen LogP contribution in [0.25, 0.3) is 0 Å². The van der Waals surface area contributed by atoms with E-state index in [1.54, 1.807) is 30.3 Å². The first-order valence-electron chi connectivity index (χ1n) is 6.67. The quantitative estimate of drug-likeness (QED) is 0.909. The lowest BCUT2D eigenvalue weighted by Gasteiger charge is -2.13. The molecule has 0 spiro atoms. The number of alkyl halides is 3. The molecule has 2 rings (SSSR count). The molecule has 120 valence electrons. The molecule has 0 atom stereocenters. The van der Waals surface area contributed by atoms with Crippen molar-refractivity contribution in [2.45, 2.75) is 6.18 Å². The van der Waals surface area contributed by atoms with E-state index in [2.05, 4.69) is 10.6 Å². The van der Waals surface area contributed by atoms with E-state index in [1.807, 2.05) is 0 Å². The van der Waals surface area contributed by atoms with Gasteiger partial charge in [0.1, 0.15) is 0 Å². The Morgan fingerprint density at radius 3 is 2.17 bits per heavy atom. The number of nitrogens with one attached hydrogen (secondary N) is 2. The fourth-order valence-corrected chi connectivity index (χ4v) is 1.89. The molecule has 2 amide bonds. The predicted octanol–water partition coefficient (Wildman–Crippen LogP) is 3.07. The highest BCUT2D eigenvalue weighted by Gasteiger charge is 2.33. The van der Waals surface area contributed by atoms with Crippen molar-refractivity contribution in [2.75, 3.05) is 11.9 Å². The van der Waals surface area contributed by atoms with Crippen molar-refractivity contribution < 1.29 is 22.8 Å². The van der Waals surface area contributed by atoms with Gasteiger partial charge in [0.05, 0.1) is 17.8 Å². The van der Waals surface area contributed by atoms with Gasteiger partial charge in [0.2, 0.25) is 5.91 Å². The van der Waals surface area contributed by atoms with Crippen LogP contribution in [-0.4, -0.2) is 18.4 Å². The normalized spacial score (nSPS) is 10.9. The zero-order valence-corrected chi connectivity index (χ0v) is 11.9. The second-order valence-electron chi connectivity index (χ2n) is 4.64. The third-order valence-corrected chi connectivity index (χ3v) is 2.95. The van der Waals surface area contributed by atoms with Crippen LogP contribution in [0.4, 0.5) is 18.9 Å². The Bertz CT molecular complexity index is 700. The molecule has 0 bridgehead atoms. The molecule has 2 aromatic rings. The molecule has 0 radical (unpaired) electrons. The summed E-state index contributed by atoms with van der Waals surface area (Å²) in [6.07, 6.45) is -4.57. The Hall–Kier alpha value is -2.83. The number of carbonyl (C=O) groups excluding carboxylic acids is 2. The monoisotopic (exact) mass is 322 g/mol. The fraction of sp³-hybridized carbons (Fsp3) is 0.125. The average Bonchev–Trinajstić information content (AvgIpc) is 2.53. The summed E-state index contributed by atoms with van der Waals surface area (Å²) in [6, 6.07) is 12.8. The SMILES string of the molecule is O=C(CNC(=O)c1ccccc1)Nc1ccccc1C(F)(F)F. The molecule has 0 fully saturated rings. The van der Waals surface area contributed by atoms with Gasteiger partial charge >= 0.3 is 6.18 Å². The van der Waals surface area contributed by atoms with Crippen molar-refractivity contribution in [1.82, 2.24) is 5.32 Å². The van der Waals surface area contributed by atoms with E-state index in [0.29, 0.717) is 5.56 Å². The van der Waals surface area contributed by atoms with E-state index >= 15 is 0 Å². The van der Waals surface area contributed by atoms with Gasteiger partial charge in [0.25, 0.3) is 5.91 Å². The molecule has 0 aliphatic carbocycles. The minimum Gasteiger partial charge on any atom is -0.343 e. The van der Waals surface area contributed by atoms with Crippen LogP contribution < -0.4 is 10.6 Å². The minimum absolute atomic E-state index is 0.348. The molecule has 23 heavy (non-hydrogen) atoms. The highest BCUT2D eigenvalue weighted by Crippen LogP contribution is 2.34. The molecule has 0 saturated heterocycles. The highest BCUT2D eigenvalue weighted by atomic mass is 19.4. The lowest BCUT2D eigenvalue weighted by atomic mass is 10.1. The Labute approximate surface area is 130 Å². The van der Waals surface area contributed by atoms with Crippen LogP contribution in [0.5, 0.6) is 0 Å². The molecule has 0 heterocycles. The van der Waals surface area contributed by atoms with Gasteiger partial charge in [-0.3, -0.25) is 9.59 Å². The predicted molar refractivity (Wildman–Crippen MR) is 78.8 cm³/mol. The van der Waals surface area contributed by atoms with Crippen molar-refractivity contribution in [1.29, 1.82) is 0 Å². The summed E-state index contributed by atoms with van der Waals surface area (Å²) in [7, 11) is 0. The van der Waals surface area contributed by atoms with E-state index < -0.39 is 30.1 Å². The maximum Gasteiger partial charge on any atom is 0.418 e. The van der Waals surface area contributed by atoms with Gasteiger partial charge in [-0.15, -0.1) is 0 Å². The molecule has 0 unspecified atom stereocenters. The number of para-hydroxylation sites is 1. The van der Waals surface area contributed by atoms with Crippen LogP contribution in [0.1, 0.15) is 15.9 Å². The van der Waals surface area contributed by atoms with Crippen molar-refractivity contribution in [3.63, 3.8) is 0 Å². The summed E-state index contributed by atoms with van der Waals surface area (Å²) in [5, 5.41) is 4.50. The summed E-state index contributed by atoms with van der Waals surface area (Å²) < 4.78 is 38.4. The molecule has 2 aromatic carbocycles. The van der Waals surface area contributed by atoms with Gasteiger partial charge in [-0.25, -0.2) is 0 Å². The standard InChI is InChI=1S/C16H13F3N2O2/c17-16(18,19)12-8-4-5-9-13(12)21-14(22)10-20-15(23)11-6-2-1-3-7-11/h1-9H,10H2,(H,20,23)(H,21,22). The molecule has 0 aliphatic rings. The minimum atomic E-state index is -4.57. The van der Waals surface area contributed by atoms with Crippen molar-refractivity contribution >= 4 is 17.5 Å². The highest BCUT2D eigenvalue weighted by molar-refractivity contribution is 5.99. The maximum absolute atomic E-state index is 12.8. The van der Waals surface area contributed by atoms with E-state index in [1.165, 1.54) is 12.1 Å². The molecule has 0 saturated carbocycles. The first-order valence-corrected chi connectivity index (χ1v) is 6.67. The van der Waals surface area contributed by atoms with Crippen LogP contribution >= 0.6 is 0 Å². The number of rotatable bonds is 4. The molecule has 2 N–H and O–H groups in total. The zero-order valence-electron chi connectivity index (χ0n) is 11.9. The lowest BCUT2D eigenvalue weighted by molar-refractivity contribution is -0.137. The largest absolute Gasteiger partial charge is 0.418 e. The van der Waals surface area contributed by atoms with E-state index in [9.17, 15) is 22.8 Å². The summed E-state index contributed by atoms with van der Waals surface area (Å²) in [6.45, 7) is -0.431. The second-order valence-corrected chi connectivity index (χ2v) is 4.64. The Kier molecular flexibility index (Phi) is 5.00. The first kappa shape index (κ1) is 16.5. The smallest absolute Gasteiger partial charge is 0.343 e. The average molecular weight is 322 g/mol. The van der Waals surface area contributed by atoms with Gasteiger partial charge in [-0.2, -0.15) is 13.2 Å². The van der Waals surface area contributed by atoms with Crippen molar-refractivity contribution in [3.05, 3.63) is 65.7 Å². The number of benzene rings is 2. The topological polar surface area (TPSA) is 58.2 Å². The van der Waals surface area contributed by atoms with Crippen LogP contribution in [0, 0.1) is 0 Å². The van der Waals surface area contributed by atoms with Crippen LogP contribution in [0.2, 0.25) is 0 Å². The Morgan fingerprint density at radius 1 is 0.913 bits per heavy atom. The summed E-state index contributed by atoms with van der Waals surface area (Å²) >= 11 is 0. The first-order chi connectivity index (χ1) is 10.9. The lowest BCUT2D eigenvalue weighted by Crippen LogP contribution is -2.33. The van der Waals surface area contributed by atoms with Crippen molar-refractivity contribution in [3.8, 4) is 0 Å². The summed E-state index contributed by atoms with van der Waals surface area (Å²) in [5.74, 6) is -1.23. The molecular formula is C16H13F3N2O2. The van der Waals surface area contributed by atoms with Crippen LogP contribution in [-0.2, 0) is 11.0 Å². The molecule has 4 nitrogen and oxygen atoms in total. The number of hydrogen-bond acceptors (Lipinski definition) is 2. The fourth-order valence-electron chi connectivity index (χ4n) is 1.89. The van der Waals surface area contributed by atoms with Gasteiger partial charge in [-0.1, -0.05) is 30.3 Å². The third-order valence-electron chi connectivity index (χ3n) is 2.95. The Balaban J connectivity index is 1.97. The number of halogens is 3. The summed E-state index contributed by atoms with van der Waals surface area (Å²) in [4.78, 5) is 23.5. The van der Waals surface area contributed by atoms with Gasteiger partial charge < -0.3 is 10.6 Å². The Morgan fingerprint density at radius 2 is 1.52 bits per heavy atom. The zero-order chi connectivity index (χ0) is 16.9. The van der Waals surface area contributed by atoms with Crippen molar-refractivity contribution in [2.24, 2.45) is 0 Å². The number of anilines is 1. The van der Waals surface area contributed by atoms with E-state index in [4.69, 9.17) is 0 Å². The number of carbonyl (C=O) groups is 2. The molecule has 0 aromatic heterocycles. The van der Waals surface area contributed by atoms with E-state index in [-0.39, 0.29) is 5.69 Å². The second kappa shape index (κ2) is 6.95. The maximum atomic E-state index is 12.8. The van der Waals surface area contributed by atoms with E-state index in [0.717, 1.165) is 12.1 Å². The van der Waals surface area contributed by atoms with Crippen LogP contribution in [0.15, 0.2) is 54.6 Å². The summed E-state index contributed by atoms with van der Waals surface area (Å²) in [5.41, 5.74) is -0.933. The number of hydrogen-bond donors (Lipinski definition) is 2. The van der Waals surface area contributed by atoms with Crippen LogP contribution in [0.3, 0.4) is 0 Å². The molecule has 0 aliphatic heterocycles. The molecular weight excluding hydrogens is 309 g/mol. The molecule has 7 heteroatoms. The van der Waals surface area contributed by atoms with Gasteiger partial charge in [0.15, 0.2) is 0 Å². The van der Waals surface area contributed by atoms with Gasteiger partial charge in [0, 0.05) is 5.56 Å². The number of amides is 2.